The molecule has 0 aromatic carbocycles. The van der Waals surface area contributed by atoms with Gasteiger partial charge in [0.2, 0.25) is 0 Å². The Hall–Kier alpha value is -0.940. The van der Waals surface area contributed by atoms with Crippen LogP contribution in [0.15, 0.2) is 6.33 Å². The predicted molar refractivity (Wildman–Crippen MR) is 62.9 cm³/mol. The molecule has 0 spiro atoms. The molecule has 1 aromatic heterocycles. The van der Waals surface area contributed by atoms with Crippen LogP contribution >= 0.6 is 0 Å². The zero-order valence-corrected chi connectivity index (χ0v) is 9.89. The summed E-state index contributed by atoms with van der Waals surface area (Å²) >= 11 is 0. The Balaban J connectivity index is 1.70. The molecule has 1 aliphatic carbocycles. The zero-order chi connectivity index (χ0) is 11.4. The minimum atomic E-state index is 0.390. The van der Waals surface area contributed by atoms with Gasteiger partial charge in [-0.1, -0.05) is 6.42 Å². The van der Waals surface area contributed by atoms with E-state index >= 15 is 0 Å². The first-order valence-corrected chi connectivity index (χ1v) is 6.07. The van der Waals surface area contributed by atoms with E-state index in [1.807, 2.05) is 11.6 Å². The predicted octanol–water partition coefficient (Wildman–Crippen LogP) is 0.217. The molecule has 2 unspecified atom stereocenters. The maximum absolute atomic E-state index is 5.95. The molecular weight excluding hydrogens is 202 g/mol. The summed E-state index contributed by atoms with van der Waals surface area (Å²) in [4.78, 5) is 0. The van der Waals surface area contributed by atoms with E-state index in [4.69, 9.17) is 5.73 Å². The Kier molecular flexibility index (Phi) is 3.90. The van der Waals surface area contributed by atoms with Gasteiger partial charge in [0.05, 0.1) is 0 Å². The van der Waals surface area contributed by atoms with Gasteiger partial charge >= 0.3 is 0 Å². The largest absolute Gasteiger partial charge is 0.328 e. The van der Waals surface area contributed by atoms with E-state index in [1.54, 1.807) is 6.33 Å². The molecule has 5 heteroatoms. The molecule has 2 rings (SSSR count). The number of nitrogens with one attached hydrogen (secondary N) is 1. The number of hydrogen-bond donors (Lipinski definition) is 2. The van der Waals surface area contributed by atoms with Gasteiger partial charge in [0, 0.05) is 32.1 Å². The average Bonchev–Trinajstić information content (AvgIpc) is 2.65. The van der Waals surface area contributed by atoms with Crippen LogP contribution < -0.4 is 11.1 Å². The van der Waals surface area contributed by atoms with Gasteiger partial charge in [-0.25, -0.2) is 0 Å². The third kappa shape index (κ3) is 3.02. The summed E-state index contributed by atoms with van der Waals surface area (Å²) in [6.45, 7) is 0.962. The maximum atomic E-state index is 5.95. The second-order valence-corrected chi connectivity index (χ2v) is 4.69. The van der Waals surface area contributed by atoms with Gasteiger partial charge in [0.25, 0.3) is 0 Å². The molecule has 1 aromatic rings. The molecule has 0 saturated heterocycles. The lowest BCUT2D eigenvalue weighted by atomic mass is 9.91. The van der Waals surface area contributed by atoms with Crippen molar-refractivity contribution in [3.05, 3.63) is 12.2 Å². The van der Waals surface area contributed by atoms with Crippen LogP contribution in [0.2, 0.25) is 0 Å². The van der Waals surface area contributed by atoms with E-state index in [0.29, 0.717) is 12.1 Å². The lowest BCUT2D eigenvalue weighted by Crippen LogP contribution is -2.40. The van der Waals surface area contributed by atoms with Crippen molar-refractivity contribution in [1.29, 1.82) is 0 Å². The summed E-state index contributed by atoms with van der Waals surface area (Å²) in [5, 5.41) is 11.5. The Morgan fingerprint density at radius 2 is 2.44 bits per heavy atom. The van der Waals surface area contributed by atoms with Crippen molar-refractivity contribution in [3.8, 4) is 0 Å². The van der Waals surface area contributed by atoms with Gasteiger partial charge in [0.15, 0.2) is 0 Å². The Labute approximate surface area is 96.4 Å². The quantitative estimate of drug-likeness (QED) is 0.766. The molecule has 1 fully saturated rings. The standard InChI is InChI=1S/C11H21N5/c1-16-8-14-15-11(16)5-6-13-10-4-2-3-9(12)7-10/h8-10,13H,2-7,12H2,1H3. The van der Waals surface area contributed by atoms with Crippen LogP contribution in [0, 0.1) is 0 Å². The fourth-order valence-electron chi connectivity index (χ4n) is 2.33. The monoisotopic (exact) mass is 223 g/mol. The van der Waals surface area contributed by atoms with Gasteiger partial charge in [-0.2, -0.15) is 0 Å². The number of aromatic nitrogens is 3. The van der Waals surface area contributed by atoms with Crippen LogP contribution in [0.3, 0.4) is 0 Å². The van der Waals surface area contributed by atoms with Gasteiger partial charge in [-0.05, 0) is 19.3 Å². The molecule has 5 nitrogen and oxygen atoms in total. The van der Waals surface area contributed by atoms with E-state index in [1.165, 1.54) is 19.3 Å². The molecule has 0 bridgehead atoms. The molecule has 3 N–H and O–H groups in total. The lowest BCUT2D eigenvalue weighted by molar-refractivity contribution is 0.340. The van der Waals surface area contributed by atoms with E-state index in [2.05, 4.69) is 15.5 Å². The molecule has 0 amide bonds. The Bertz CT molecular complexity index is 322. The smallest absolute Gasteiger partial charge is 0.133 e. The summed E-state index contributed by atoms with van der Waals surface area (Å²) < 4.78 is 1.97. The fourth-order valence-corrected chi connectivity index (χ4v) is 2.33. The molecule has 1 aliphatic rings. The van der Waals surface area contributed by atoms with Crippen molar-refractivity contribution < 1.29 is 0 Å². The first kappa shape index (κ1) is 11.5. The first-order chi connectivity index (χ1) is 7.75. The molecule has 0 aliphatic heterocycles. The lowest BCUT2D eigenvalue weighted by Gasteiger charge is -2.27. The molecular formula is C11H21N5. The molecule has 90 valence electrons. The van der Waals surface area contributed by atoms with Crippen LogP contribution in [-0.2, 0) is 13.5 Å². The summed E-state index contributed by atoms with van der Waals surface area (Å²) in [5.74, 6) is 1.03. The number of hydrogen-bond acceptors (Lipinski definition) is 4. The van der Waals surface area contributed by atoms with Gasteiger partial charge in [-0.15, -0.1) is 10.2 Å². The van der Waals surface area contributed by atoms with Crippen LogP contribution in [-0.4, -0.2) is 33.4 Å². The van der Waals surface area contributed by atoms with E-state index in [-0.39, 0.29) is 0 Å². The minimum Gasteiger partial charge on any atom is -0.328 e. The number of nitrogens with zero attached hydrogens (tertiary/aromatic N) is 3. The van der Waals surface area contributed by atoms with Gasteiger partial charge in [0.1, 0.15) is 12.2 Å². The van der Waals surface area contributed by atoms with Crippen LogP contribution in [0.1, 0.15) is 31.5 Å². The highest BCUT2D eigenvalue weighted by atomic mass is 15.2. The van der Waals surface area contributed by atoms with Crippen molar-refractivity contribution in [2.45, 2.75) is 44.2 Å². The normalized spacial score (nSPS) is 25.9. The number of aryl methyl sites for hydroxylation is 1. The van der Waals surface area contributed by atoms with Gasteiger partial charge in [-0.3, -0.25) is 0 Å². The van der Waals surface area contributed by atoms with E-state index in [9.17, 15) is 0 Å². The van der Waals surface area contributed by atoms with Crippen molar-refractivity contribution in [2.75, 3.05) is 6.54 Å². The van der Waals surface area contributed by atoms with Crippen LogP contribution in [0.5, 0.6) is 0 Å². The Morgan fingerprint density at radius 1 is 1.56 bits per heavy atom. The van der Waals surface area contributed by atoms with Crippen LogP contribution in [0.4, 0.5) is 0 Å². The number of rotatable bonds is 4. The first-order valence-electron chi connectivity index (χ1n) is 6.07. The summed E-state index contributed by atoms with van der Waals surface area (Å²) in [5.41, 5.74) is 5.95. The third-order valence-electron chi connectivity index (χ3n) is 3.30. The SMILES string of the molecule is Cn1cnnc1CCNC1CCCC(N)C1. The Morgan fingerprint density at radius 3 is 3.12 bits per heavy atom. The summed E-state index contributed by atoms with van der Waals surface area (Å²) in [6, 6.07) is 0.984. The van der Waals surface area contributed by atoms with Gasteiger partial charge < -0.3 is 15.6 Å². The number of nitrogens with two attached hydrogens (primary N) is 1. The third-order valence-corrected chi connectivity index (χ3v) is 3.30. The molecule has 2 atom stereocenters. The van der Waals surface area contributed by atoms with Crippen molar-refractivity contribution in [1.82, 2.24) is 20.1 Å². The second-order valence-electron chi connectivity index (χ2n) is 4.69. The second kappa shape index (κ2) is 5.41. The fraction of sp³-hybridized carbons (Fsp3) is 0.818. The molecule has 1 saturated carbocycles. The topological polar surface area (TPSA) is 68.8 Å². The molecule has 1 heterocycles. The molecule has 16 heavy (non-hydrogen) atoms. The maximum Gasteiger partial charge on any atom is 0.133 e. The van der Waals surface area contributed by atoms with Crippen molar-refractivity contribution in [3.63, 3.8) is 0 Å². The summed E-state index contributed by atoms with van der Waals surface area (Å²) in [6.07, 6.45) is 7.48. The zero-order valence-electron chi connectivity index (χ0n) is 9.89. The van der Waals surface area contributed by atoms with E-state index in [0.717, 1.165) is 25.2 Å². The highest BCUT2D eigenvalue weighted by Gasteiger charge is 2.18. The average molecular weight is 223 g/mol. The minimum absolute atomic E-state index is 0.390. The highest BCUT2D eigenvalue weighted by molar-refractivity contribution is 4.86. The van der Waals surface area contributed by atoms with Crippen LogP contribution in [0.25, 0.3) is 0 Å². The van der Waals surface area contributed by atoms with E-state index < -0.39 is 0 Å². The van der Waals surface area contributed by atoms with Crippen molar-refractivity contribution >= 4 is 0 Å². The highest BCUT2D eigenvalue weighted by Crippen LogP contribution is 2.16. The summed E-state index contributed by atoms with van der Waals surface area (Å²) in [7, 11) is 1.98. The van der Waals surface area contributed by atoms with Crippen molar-refractivity contribution in [2.24, 2.45) is 12.8 Å². The molecule has 0 radical (unpaired) electrons.